The molecular weight excluding hydrogens is 342 g/mol. The van der Waals surface area contributed by atoms with E-state index in [0.29, 0.717) is 17.2 Å². The topological polar surface area (TPSA) is 37.4 Å². The molecule has 26 heavy (non-hydrogen) atoms. The standard InChI is InChI=1S/C22H29NO2S/c1-22(2,26(24,25)21-13-7-4-8-14-21)15-17-23-16-9-12-20(18-23)19-10-5-3-6-11-19/h3-8,10-11,13-14,20H,9,12,15-18H2,1-2H3. The molecule has 1 aliphatic rings. The quantitative estimate of drug-likeness (QED) is 0.750. The van der Waals surface area contributed by atoms with Crippen LogP contribution in [0.5, 0.6) is 0 Å². The highest BCUT2D eigenvalue weighted by molar-refractivity contribution is 7.92. The van der Waals surface area contributed by atoms with Gasteiger partial charge in [-0.15, -0.1) is 0 Å². The van der Waals surface area contributed by atoms with Crippen LogP contribution in [0.2, 0.25) is 0 Å². The maximum Gasteiger partial charge on any atom is 0.183 e. The van der Waals surface area contributed by atoms with Gasteiger partial charge in [-0.1, -0.05) is 48.5 Å². The number of sulfone groups is 1. The highest BCUT2D eigenvalue weighted by Crippen LogP contribution is 2.31. The smallest absolute Gasteiger partial charge is 0.183 e. The molecule has 0 amide bonds. The number of hydrogen-bond acceptors (Lipinski definition) is 3. The molecule has 0 radical (unpaired) electrons. The van der Waals surface area contributed by atoms with E-state index < -0.39 is 14.6 Å². The largest absolute Gasteiger partial charge is 0.303 e. The summed E-state index contributed by atoms with van der Waals surface area (Å²) in [5, 5.41) is 0. The van der Waals surface area contributed by atoms with Crippen LogP contribution in [0.3, 0.4) is 0 Å². The summed E-state index contributed by atoms with van der Waals surface area (Å²) in [6, 6.07) is 19.5. The molecule has 2 aromatic carbocycles. The molecule has 1 saturated heterocycles. The molecule has 3 nitrogen and oxygen atoms in total. The molecule has 1 fully saturated rings. The van der Waals surface area contributed by atoms with Crippen molar-refractivity contribution in [3.8, 4) is 0 Å². The van der Waals surface area contributed by atoms with Crippen LogP contribution in [0, 0.1) is 0 Å². The van der Waals surface area contributed by atoms with Gasteiger partial charge in [0.1, 0.15) is 0 Å². The maximum atomic E-state index is 13.0. The molecule has 4 heteroatoms. The summed E-state index contributed by atoms with van der Waals surface area (Å²) in [6.07, 6.45) is 3.03. The third-order valence-electron chi connectivity index (χ3n) is 5.59. The Labute approximate surface area is 158 Å². The lowest BCUT2D eigenvalue weighted by molar-refractivity contribution is 0.200. The van der Waals surface area contributed by atoms with Crippen LogP contribution < -0.4 is 0 Å². The van der Waals surface area contributed by atoms with Gasteiger partial charge in [-0.05, 0) is 69.8 Å². The SMILES string of the molecule is CC(C)(CCN1CCCC(c2ccccc2)C1)S(=O)(=O)c1ccccc1. The average Bonchev–Trinajstić information content (AvgIpc) is 2.68. The van der Waals surface area contributed by atoms with E-state index in [4.69, 9.17) is 0 Å². The van der Waals surface area contributed by atoms with Gasteiger partial charge in [-0.3, -0.25) is 0 Å². The third kappa shape index (κ3) is 4.18. The molecule has 0 aliphatic carbocycles. The van der Waals surface area contributed by atoms with Crippen LogP contribution in [-0.4, -0.2) is 37.7 Å². The van der Waals surface area contributed by atoms with Crippen LogP contribution in [0.25, 0.3) is 0 Å². The summed E-state index contributed by atoms with van der Waals surface area (Å²) in [4.78, 5) is 2.86. The van der Waals surface area contributed by atoms with Crippen molar-refractivity contribution in [1.29, 1.82) is 0 Å². The molecular formula is C22H29NO2S. The lowest BCUT2D eigenvalue weighted by Gasteiger charge is -2.35. The monoisotopic (exact) mass is 371 g/mol. The molecule has 3 rings (SSSR count). The van der Waals surface area contributed by atoms with Crippen LogP contribution in [0.1, 0.15) is 44.6 Å². The lowest BCUT2D eigenvalue weighted by atomic mass is 9.90. The molecule has 0 spiro atoms. The molecule has 1 atom stereocenters. The second-order valence-corrected chi connectivity index (χ2v) is 10.5. The number of benzene rings is 2. The molecule has 1 heterocycles. The fourth-order valence-corrected chi connectivity index (χ4v) is 5.25. The third-order valence-corrected chi connectivity index (χ3v) is 8.14. The lowest BCUT2D eigenvalue weighted by Crippen LogP contribution is -2.40. The predicted molar refractivity (Wildman–Crippen MR) is 107 cm³/mol. The Morgan fingerprint density at radius 2 is 1.62 bits per heavy atom. The molecule has 0 saturated carbocycles. The van der Waals surface area contributed by atoms with E-state index in [0.717, 1.165) is 19.6 Å². The van der Waals surface area contributed by atoms with Gasteiger partial charge >= 0.3 is 0 Å². The molecule has 1 aliphatic heterocycles. The van der Waals surface area contributed by atoms with Gasteiger partial charge in [-0.2, -0.15) is 0 Å². The van der Waals surface area contributed by atoms with Gasteiger partial charge in [0.05, 0.1) is 9.64 Å². The molecule has 0 N–H and O–H groups in total. The number of hydrogen-bond donors (Lipinski definition) is 0. The predicted octanol–water partition coefficient (Wildman–Crippen LogP) is 4.51. The molecule has 2 aromatic rings. The van der Waals surface area contributed by atoms with Gasteiger partial charge in [0.25, 0.3) is 0 Å². The minimum Gasteiger partial charge on any atom is -0.303 e. The summed E-state index contributed by atoms with van der Waals surface area (Å²) in [6.45, 7) is 6.61. The zero-order valence-corrected chi connectivity index (χ0v) is 16.6. The van der Waals surface area contributed by atoms with Crippen molar-refractivity contribution in [2.75, 3.05) is 19.6 Å². The molecule has 0 bridgehead atoms. The second-order valence-electron chi connectivity index (χ2n) is 7.88. The van der Waals surface area contributed by atoms with E-state index in [1.54, 1.807) is 24.3 Å². The van der Waals surface area contributed by atoms with Crippen molar-refractivity contribution >= 4 is 9.84 Å². The highest BCUT2D eigenvalue weighted by Gasteiger charge is 2.36. The summed E-state index contributed by atoms with van der Waals surface area (Å²) < 4.78 is 25.2. The Morgan fingerprint density at radius 1 is 1.00 bits per heavy atom. The van der Waals surface area contributed by atoms with Crippen LogP contribution in [0.15, 0.2) is 65.6 Å². The first-order chi connectivity index (χ1) is 12.4. The van der Waals surface area contributed by atoms with Gasteiger partial charge in [0, 0.05) is 6.54 Å². The van der Waals surface area contributed by atoms with Crippen molar-refractivity contribution < 1.29 is 8.42 Å². The Bertz CT molecular complexity index is 801. The molecule has 1 unspecified atom stereocenters. The van der Waals surface area contributed by atoms with Crippen molar-refractivity contribution in [2.24, 2.45) is 0 Å². The minimum absolute atomic E-state index is 0.422. The summed E-state index contributed by atoms with van der Waals surface area (Å²) >= 11 is 0. The molecule has 140 valence electrons. The number of piperidine rings is 1. The first kappa shape index (κ1) is 19.1. The van der Waals surface area contributed by atoms with E-state index in [2.05, 4.69) is 35.2 Å². The Balaban J connectivity index is 1.64. The zero-order chi connectivity index (χ0) is 18.6. The normalized spacial score (nSPS) is 19.4. The van der Waals surface area contributed by atoms with Gasteiger partial charge in [0.15, 0.2) is 9.84 Å². The summed E-state index contributed by atoms with van der Waals surface area (Å²) in [5.74, 6) is 0.554. The van der Waals surface area contributed by atoms with E-state index in [1.165, 1.54) is 18.4 Å². The second kappa shape index (κ2) is 7.93. The average molecular weight is 372 g/mol. The summed E-state index contributed by atoms with van der Waals surface area (Å²) in [5.41, 5.74) is 1.40. The molecule has 0 aromatic heterocycles. The van der Waals surface area contributed by atoms with Gasteiger partial charge < -0.3 is 4.90 Å². The first-order valence-corrected chi connectivity index (χ1v) is 11.0. The number of nitrogens with zero attached hydrogens (tertiary/aromatic N) is 1. The van der Waals surface area contributed by atoms with Gasteiger partial charge in [-0.25, -0.2) is 8.42 Å². The summed E-state index contributed by atoms with van der Waals surface area (Å²) in [7, 11) is -3.33. The van der Waals surface area contributed by atoms with Crippen molar-refractivity contribution in [1.82, 2.24) is 4.90 Å². The van der Waals surface area contributed by atoms with Crippen molar-refractivity contribution in [3.63, 3.8) is 0 Å². The van der Waals surface area contributed by atoms with Crippen molar-refractivity contribution in [3.05, 3.63) is 66.2 Å². The van der Waals surface area contributed by atoms with E-state index in [-0.39, 0.29) is 0 Å². The van der Waals surface area contributed by atoms with Crippen LogP contribution >= 0.6 is 0 Å². The van der Waals surface area contributed by atoms with E-state index in [1.807, 2.05) is 19.9 Å². The van der Waals surface area contributed by atoms with E-state index >= 15 is 0 Å². The van der Waals surface area contributed by atoms with Crippen LogP contribution in [-0.2, 0) is 9.84 Å². The van der Waals surface area contributed by atoms with Gasteiger partial charge in [0.2, 0.25) is 0 Å². The Hall–Kier alpha value is -1.65. The number of likely N-dealkylation sites (tertiary alicyclic amines) is 1. The minimum atomic E-state index is -3.33. The Kier molecular flexibility index (Phi) is 5.83. The maximum absolute atomic E-state index is 13.0. The highest BCUT2D eigenvalue weighted by atomic mass is 32.2. The Morgan fingerprint density at radius 3 is 2.27 bits per heavy atom. The zero-order valence-electron chi connectivity index (χ0n) is 15.8. The van der Waals surface area contributed by atoms with Crippen molar-refractivity contribution in [2.45, 2.75) is 48.7 Å². The first-order valence-electron chi connectivity index (χ1n) is 9.47. The fourth-order valence-electron chi connectivity index (χ4n) is 3.74. The number of rotatable bonds is 6. The van der Waals surface area contributed by atoms with Crippen LogP contribution in [0.4, 0.5) is 0 Å². The van der Waals surface area contributed by atoms with E-state index in [9.17, 15) is 8.42 Å². The fraction of sp³-hybridized carbons (Fsp3) is 0.455.